The molecule has 1 aliphatic heterocycles. The van der Waals surface area contributed by atoms with Crippen LogP contribution in [0.5, 0.6) is 11.5 Å². The molecule has 1 N–H and O–H groups in total. The van der Waals surface area contributed by atoms with Gasteiger partial charge in [0.15, 0.2) is 11.5 Å². The lowest BCUT2D eigenvalue weighted by molar-refractivity contribution is 0.143. The summed E-state index contributed by atoms with van der Waals surface area (Å²) in [5.41, 5.74) is 4.35. The molecule has 28 heavy (non-hydrogen) atoms. The number of urea groups is 1. The zero-order chi connectivity index (χ0) is 20.1. The number of ether oxygens (including phenoxy) is 2. The van der Waals surface area contributed by atoms with Gasteiger partial charge in [0.1, 0.15) is 0 Å². The molecule has 0 aliphatic carbocycles. The number of carbonyl (C=O) groups is 1. The Bertz CT molecular complexity index is 830. The van der Waals surface area contributed by atoms with Crippen molar-refractivity contribution in [2.45, 2.75) is 20.4 Å². The van der Waals surface area contributed by atoms with E-state index in [2.05, 4.69) is 29.3 Å². The van der Waals surface area contributed by atoms with Crippen LogP contribution in [0.4, 0.5) is 10.5 Å². The molecule has 1 heterocycles. The van der Waals surface area contributed by atoms with Gasteiger partial charge in [0.05, 0.1) is 14.2 Å². The molecule has 1 fully saturated rings. The maximum Gasteiger partial charge on any atom is 0.321 e. The standard InChI is InChI=1S/C22H29N3O3/c1-16-6-5-7-19(17(16)2)23-22(26)25-12-10-24(11-13-25)15-18-8-9-20(27-3)21(14-18)28-4/h5-9,14H,10-13,15H2,1-4H3,(H,23,26). The summed E-state index contributed by atoms with van der Waals surface area (Å²) in [6, 6.07) is 11.9. The fourth-order valence-corrected chi connectivity index (χ4v) is 3.43. The fraction of sp³-hybridized carbons (Fsp3) is 0.409. The minimum Gasteiger partial charge on any atom is -0.493 e. The van der Waals surface area contributed by atoms with Crippen molar-refractivity contribution in [2.75, 3.05) is 45.7 Å². The van der Waals surface area contributed by atoms with E-state index in [0.717, 1.165) is 42.4 Å². The smallest absolute Gasteiger partial charge is 0.321 e. The van der Waals surface area contributed by atoms with Gasteiger partial charge in [-0.15, -0.1) is 0 Å². The Labute approximate surface area is 167 Å². The van der Waals surface area contributed by atoms with Crippen molar-refractivity contribution in [1.82, 2.24) is 9.80 Å². The van der Waals surface area contributed by atoms with Crippen molar-refractivity contribution in [3.05, 3.63) is 53.1 Å². The molecule has 3 rings (SSSR count). The van der Waals surface area contributed by atoms with Gasteiger partial charge in [0, 0.05) is 38.4 Å². The number of methoxy groups -OCH3 is 2. The van der Waals surface area contributed by atoms with Crippen molar-refractivity contribution in [2.24, 2.45) is 0 Å². The van der Waals surface area contributed by atoms with Gasteiger partial charge in [-0.2, -0.15) is 0 Å². The van der Waals surface area contributed by atoms with Crippen LogP contribution in [0.3, 0.4) is 0 Å². The second-order valence-corrected chi connectivity index (χ2v) is 7.13. The van der Waals surface area contributed by atoms with E-state index in [1.54, 1.807) is 14.2 Å². The summed E-state index contributed by atoms with van der Waals surface area (Å²) in [6.45, 7) is 8.02. The third kappa shape index (κ3) is 4.57. The maximum atomic E-state index is 12.6. The molecule has 0 aromatic heterocycles. The zero-order valence-electron chi connectivity index (χ0n) is 17.1. The van der Waals surface area contributed by atoms with Gasteiger partial charge in [-0.25, -0.2) is 4.79 Å². The third-order valence-electron chi connectivity index (χ3n) is 5.36. The maximum absolute atomic E-state index is 12.6. The van der Waals surface area contributed by atoms with Crippen molar-refractivity contribution < 1.29 is 14.3 Å². The zero-order valence-corrected chi connectivity index (χ0v) is 17.1. The molecule has 0 unspecified atom stereocenters. The Morgan fingerprint density at radius 1 is 1.00 bits per heavy atom. The SMILES string of the molecule is COc1ccc(CN2CCN(C(=O)Nc3cccc(C)c3C)CC2)cc1OC. The number of piperazine rings is 1. The average Bonchev–Trinajstić information content (AvgIpc) is 2.71. The second-order valence-electron chi connectivity index (χ2n) is 7.13. The number of nitrogens with zero attached hydrogens (tertiary/aromatic N) is 2. The first kappa shape index (κ1) is 20.0. The molecule has 150 valence electrons. The minimum absolute atomic E-state index is 0.0283. The first-order valence-electron chi connectivity index (χ1n) is 9.57. The number of amides is 2. The monoisotopic (exact) mass is 383 g/mol. The van der Waals surface area contributed by atoms with Crippen molar-refractivity contribution in [1.29, 1.82) is 0 Å². The van der Waals surface area contributed by atoms with E-state index in [-0.39, 0.29) is 6.03 Å². The molecular weight excluding hydrogens is 354 g/mol. The molecular formula is C22H29N3O3. The summed E-state index contributed by atoms with van der Waals surface area (Å²) in [4.78, 5) is 16.8. The quantitative estimate of drug-likeness (QED) is 0.856. The van der Waals surface area contributed by atoms with Gasteiger partial charge in [-0.1, -0.05) is 18.2 Å². The van der Waals surface area contributed by atoms with Crippen LogP contribution in [-0.4, -0.2) is 56.2 Å². The Hall–Kier alpha value is -2.73. The number of rotatable bonds is 5. The predicted molar refractivity (Wildman–Crippen MR) is 111 cm³/mol. The summed E-state index contributed by atoms with van der Waals surface area (Å²) >= 11 is 0. The highest BCUT2D eigenvalue weighted by Crippen LogP contribution is 2.28. The van der Waals surface area contributed by atoms with Crippen LogP contribution in [0, 0.1) is 13.8 Å². The number of carbonyl (C=O) groups excluding carboxylic acids is 1. The van der Waals surface area contributed by atoms with E-state index in [4.69, 9.17) is 9.47 Å². The topological polar surface area (TPSA) is 54.0 Å². The number of benzene rings is 2. The normalized spacial score (nSPS) is 14.6. The molecule has 1 saturated heterocycles. The Kier molecular flexibility index (Phi) is 6.41. The number of anilines is 1. The molecule has 2 amide bonds. The highest BCUT2D eigenvalue weighted by atomic mass is 16.5. The predicted octanol–water partition coefficient (Wildman–Crippen LogP) is 3.67. The fourth-order valence-electron chi connectivity index (χ4n) is 3.43. The van der Waals surface area contributed by atoms with Crippen LogP contribution < -0.4 is 14.8 Å². The van der Waals surface area contributed by atoms with Crippen LogP contribution in [0.25, 0.3) is 0 Å². The van der Waals surface area contributed by atoms with Crippen LogP contribution in [0.1, 0.15) is 16.7 Å². The highest BCUT2D eigenvalue weighted by Gasteiger charge is 2.22. The molecule has 6 heteroatoms. The summed E-state index contributed by atoms with van der Waals surface area (Å²) in [7, 11) is 3.29. The summed E-state index contributed by atoms with van der Waals surface area (Å²) in [6.07, 6.45) is 0. The highest BCUT2D eigenvalue weighted by molar-refractivity contribution is 5.90. The van der Waals surface area contributed by atoms with E-state index < -0.39 is 0 Å². The van der Waals surface area contributed by atoms with Gasteiger partial charge in [0.2, 0.25) is 0 Å². The molecule has 0 atom stereocenters. The van der Waals surface area contributed by atoms with Gasteiger partial charge >= 0.3 is 6.03 Å². The van der Waals surface area contributed by atoms with Crippen LogP contribution in [-0.2, 0) is 6.54 Å². The van der Waals surface area contributed by atoms with Crippen LogP contribution in [0.2, 0.25) is 0 Å². The largest absolute Gasteiger partial charge is 0.493 e. The summed E-state index contributed by atoms with van der Waals surface area (Å²) in [5.74, 6) is 1.48. The lowest BCUT2D eigenvalue weighted by Gasteiger charge is -2.35. The summed E-state index contributed by atoms with van der Waals surface area (Å²) in [5, 5.41) is 3.05. The van der Waals surface area contributed by atoms with Gasteiger partial charge < -0.3 is 19.7 Å². The van der Waals surface area contributed by atoms with E-state index in [1.807, 2.05) is 36.1 Å². The van der Waals surface area contributed by atoms with Gasteiger partial charge in [0.25, 0.3) is 0 Å². The van der Waals surface area contributed by atoms with Crippen LogP contribution in [0.15, 0.2) is 36.4 Å². The molecule has 0 bridgehead atoms. The van der Waals surface area contributed by atoms with E-state index in [0.29, 0.717) is 13.1 Å². The van der Waals surface area contributed by atoms with Crippen LogP contribution >= 0.6 is 0 Å². The molecule has 0 saturated carbocycles. The number of nitrogens with one attached hydrogen (secondary N) is 1. The Morgan fingerprint density at radius 3 is 2.39 bits per heavy atom. The number of aryl methyl sites for hydroxylation is 1. The number of hydrogen-bond acceptors (Lipinski definition) is 4. The third-order valence-corrected chi connectivity index (χ3v) is 5.36. The molecule has 0 spiro atoms. The molecule has 0 radical (unpaired) electrons. The second kappa shape index (κ2) is 8.97. The molecule has 6 nitrogen and oxygen atoms in total. The lowest BCUT2D eigenvalue weighted by atomic mass is 10.1. The van der Waals surface area contributed by atoms with Crippen molar-refractivity contribution in [3.8, 4) is 11.5 Å². The van der Waals surface area contributed by atoms with E-state index >= 15 is 0 Å². The minimum atomic E-state index is -0.0283. The summed E-state index contributed by atoms with van der Waals surface area (Å²) < 4.78 is 10.7. The number of hydrogen-bond donors (Lipinski definition) is 1. The molecule has 2 aromatic rings. The average molecular weight is 383 g/mol. The van der Waals surface area contributed by atoms with Crippen molar-refractivity contribution >= 4 is 11.7 Å². The first-order chi connectivity index (χ1) is 13.5. The Morgan fingerprint density at radius 2 is 1.71 bits per heavy atom. The first-order valence-corrected chi connectivity index (χ1v) is 9.57. The van der Waals surface area contributed by atoms with Crippen molar-refractivity contribution in [3.63, 3.8) is 0 Å². The van der Waals surface area contributed by atoms with E-state index in [9.17, 15) is 4.79 Å². The lowest BCUT2D eigenvalue weighted by Crippen LogP contribution is -2.49. The van der Waals surface area contributed by atoms with Gasteiger partial charge in [-0.3, -0.25) is 4.90 Å². The van der Waals surface area contributed by atoms with E-state index in [1.165, 1.54) is 11.1 Å². The molecule has 2 aromatic carbocycles. The Balaban J connectivity index is 1.54. The molecule has 1 aliphatic rings. The van der Waals surface area contributed by atoms with Gasteiger partial charge in [-0.05, 0) is 48.7 Å².